The molecule has 2 aromatic heterocycles. The van der Waals surface area contributed by atoms with E-state index in [1.807, 2.05) is 0 Å². The number of thiazole rings is 1. The maximum Gasteiger partial charge on any atom is 0.224 e. The van der Waals surface area contributed by atoms with Gasteiger partial charge >= 0.3 is 0 Å². The third kappa shape index (κ3) is 2.63. The van der Waals surface area contributed by atoms with Gasteiger partial charge in [-0.25, -0.2) is 0 Å². The van der Waals surface area contributed by atoms with Gasteiger partial charge in [-0.15, -0.1) is 0 Å². The fourth-order valence-corrected chi connectivity index (χ4v) is 4.81. The van der Waals surface area contributed by atoms with E-state index in [-0.39, 0.29) is 0 Å². The molecule has 0 aliphatic carbocycles. The van der Waals surface area contributed by atoms with Gasteiger partial charge in [0.2, 0.25) is 16.9 Å². The van der Waals surface area contributed by atoms with Crippen LogP contribution in [0.25, 0.3) is 27.7 Å². The summed E-state index contributed by atoms with van der Waals surface area (Å²) in [7, 11) is 2.12. The monoisotopic (exact) mass is 360 g/mol. The van der Waals surface area contributed by atoms with Crippen molar-refractivity contribution < 1.29 is 9.13 Å². The molecule has 0 atom stereocenters. The van der Waals surface area contributed by atoms with Crippen LogP contribution in [0.5, 0.6) is 0 Å². The van der Waals surface area contributed by atoms with Crippen LogP contribution in [-0.4, -0.2) is 0 Å². The molecule has 26 heavy (non-hydrogen) atoms. The molecule has 0 N–H and O–H groups in total. The predicted octanol–water partition coefficient (Wildman–Crippen LogP) is 4.90. The maximum absolute atomic E-state index is 2.35. The third-order valence-electron chi connectivity index (χ3n) is 5.22. The molecule has 2 aromatic carbocycles. The Morgan fingerprint density at radius 3 is 2.31 bits per heavy atom. The lowest BCUT2D eigenvalue weighted by Gasteiger charge is -2.13. The Balaban J connectivity index is 2.04. The minimum atomic E-state index is 1.25. The van der Waals surface area contributed by atoms with E-state index in [0.717, 1.165) is 0 Å². The smallest absolute Gasteiger partial charge is 0.191 e. The van der Waals surface area contributed by atoms with Crippen LogP contribution in [0, 0.1) is 27.7 Å². The van der Waals surface area contributed by atoms with Crippen LogP contribution in [0.1, 0.15) is 22.4 Å². The molecule has 0 unspecified atom stereocenters. The summed E-state index contributed by atoms with van der Waals surface area (Å²) in [5.41, 5.74) is 11.3. The van der Waals surface area contributed by atoms with Crippen LogP contribution >= 0.6 is 11.3 Å². The second kappa shape index (κ2) is 6.33. The molecular weight excluding hydrogens is 336 g/mol. The second-order valence-corrected chi connectivity index (χ2v) is 7.85. The summed E-state index contributed by atoms with van der Waals surface area (Å²) in [6, 6.07) is 13.2. The SMILES string of the molecule is Cc1cc(C)c(-[n+]2cc3ccccc3cc2C)c(C)c1-c1csc[n+]1C. The number of aryl methyl sites for hydroxylation is 4. The lowest BCUT2D eigenvalue weighted by atomic mass is 9.94. The van der Waals surface area contributed by atoms with Crippen molar-refractivity contribution in [2.24, 2.45) is 7.05 Å². The molecule has 0 bridgehead atoms. The van der Waals surface area contributed by atoms with E-state index in [9.17, 15) is 0 Å². The molecule has 0 radical (unpaired) electrons. The first-order valence-corrected chi connectivity index (χ1v) is 9.86. The molecule has 4 rings (SSSR count). The average Bonchev–Trinajstić information content (AvgIpc) is 3.01. The Morgan fingerprint density at radius 2 is 1.62 bits per heavy atom. The zero-order valence-corrected chi connectivity index (χ0v) is 16.8. The van der Waals surface area contributed by atoms with Crippen LogP contribution in [0.4, 0.5) is 0 Å². The third-order valence-corrected chi connectivity index (χ3v) is 6.01. The molecular formula is C23H24N2S+2. The summed E-state index contributed by atoms with van der Waals surface area (Å²) in [5.74, 6) is 0. The number of rotatable bonds is 2. The molecule has 2 heterocycles. The van der Waals surface area contributed by atoms with Crippen molar-refractivity contribution in [3.8, 4) is 16.9 Å². The highest BCUT2D eigenvalue weighted by Crippen LogP contribution is 2.31. The standard InChI is InChI=1S/C23H24N2S/c1-15-10-16(2)23(18(4)22(15)21-13-26-14-24(21)5)25-12-20-9-7-6-8-19(20)11-17(25)3/h6-14H,1-5H3/q+2. The van der Waals surface area contributed by atoms with Crippen LogP contribution in [0.15, 0.2) is 53.5 Å². The zero-order chi connectivity index (χ0) is 18.4. The topological polar surface area (TPSA) is 7.76 Å². The Kier molecular flexibility index (Phi) is 4.12. The summed E-state index contributed by atoms with van der Waals surface area (Å²) in [6.45, 7) is 8.88. The summed E-state index contributed by atoms with van der Waals surface area (Å²) >= 11 is 1.75. The summed E-state index contributed by atoms with van der Waals surface area (Å²) in [6.07, 6.45) is 2.27. The molecule has 2 nitrogen and oxygen atoms in total. The van der Waals surface area contributed by atoms with Gasteiger partial charge in [-0.2, -0.15) is 9.13 Å². The minimum Gasteiger partial charge on any atom is -0.191 e. The highest BCUT2D eigenvalue weighted by atomic mass is 32.1. The van der Waals surface area contributed by atoms with E-state index in [1.165, 1.54) is 50.1 Å². The highest BCUT2D eigenvalue weighted by molar-refractivity contribution is 7.07. The molecule has 0 saturated carbocycles. The van der Waals surface area contributed by atoms with Crippen LogP contribution < -0.4 is 9.13 Å². The maximum atomic E-state index is 2.35. The molecule has 0 aliphatic heterocycles. The van der Waals surface area contributed by atoms with Gasteiger partial charge in [0.25, 0.3) is 0 Å². The Bertz CT molecular complexity index is 1140. The Morgan fingerprint density at radius 1 is 0.885 bits per heavy atom. The normalized spacial score (nSPS) is 11.3. The predicted molar refractivity (Wildman–Crippen MR) is 109 cm³/mol. The van der Waals surface area contributed by atoms with Gasteiger partial charge in [-0.3, -0.25) is 0 Å². The van der Waals surface area contributed by atoms with Crippen molar-refractivity contribution >= 4 is 22.1 Å². The van der Waals surface area contributed by atoms with Crippen LogP contribution in [0.2, 0.25) is 0 Å². The van der Waals surface area contributed by atoms with Crippen molar-refractivity contribution in [2.75, 3.05) is 0 Å². The molecule has 0 spiro atoms. The number of hydrogen-bond acceptors (Lipinski definition) is 1. The number of pyridine rings is 1. The number of aromatic nitrogens is 2. The minimum absolute atomic E-state index is 1.25. The first kappa shape index (κ1) is 16.9. The molecule has 0 saturated heterocycles. The number of fused-ring (bicyclic) bond motifs is 1. The van der Waals surface area contributed by atoms with Crippen molar-refractivity contribution in [2.45, 2.75) is 27.7 Å². The molecule has 0 fully saturated rings. The van der Waals surface area contributed by atoms with E-state index in [1.54, 1.807) is 11.3 Å². The molecule has 4 aromatic rings. The second-order valence-electron chi connectivity index (χ2n) is 7.13. The van der Waals surface area contributed by atoms with Crippen LogP contribution in [0.3, 0.4) is 0 Å². The van der Waals surface area contributed by atoms with Crippen molar-refractivity contribution in [1.29, 1.82) is 0 Å². The van der Waals surface area contributed by atoms with Gasteiger partial charge in [0.05, 0.1) is 10.9 Å². The Hall–Kier alpha value is -2.52. The van der Waals surface area contributed by atoms with Crippen molar-refractivity contribution in [1.82, 2.24) is 0 Å². The quantitative estimate of drug-likeness (QED) is 0.449. The van der Waals surface area contributed by atoms with Crippen molar-refractivity contribution in [3.63, 3.8) is 0 Å². The summed E-state index contributed by atoms with van der Waals surface area (Å²) in [5, 5.41) is 4.79. The van der Waals surface area contributed by atoms with Gasteiger partial charge in [-0.05, 0) is 43.9 Å². The van der Waals surface area contributed by atoms with Gasteiger partial charge in [0.15, 0.2) is 11.9 Å². The number of hydrogen-bond donors (Lipinski definition) is 0. The molecule has 130 valence electrons. The molecule has 3 heteroatoms. The van der Waals surface area contributed by atoms with E-state index in [2.05, 4.69) is 97.4 Å². The lowest BCUT2D eigenvalue weighted by molar-refractivity contribution is -0.655. The van der Waals surface area contributed by atoms with E-state index >= 15 is 0 Å². The fourth-order valence-electron chi connectivity index (χ4n) is 4.04. The molecule has 0 amide bonds. The van der Waals surface area contributed by atoms with E-state index in [4.69, 9.17) is 0 Å². The highest BCUT2D eigenvalue weighted by Gasteiger charge is 2.25. The van der Waals surface area contributed by atoms with Gasteiger partial charge in [0, 0.05) is 29.5 Å². The average molecular weight is 361 g/mol. The Labute approximate surface area is 159 Å². The number of nitrogens with zero attached hydrogens (tertiary/aromatic N) is 2. The fraction of sp³-hybridized carbons (Fsp3) is 0.217. The lowest BCUT2D eigenvalue weighted by Crippen LogP contribution is -2.36. The largest absolute Gasteiger partial charge is 0.224 e. The number of benzene rings is 2. The van der Waals surface area contributed by atoms with E-state index in [0.29, 0.717) is 0 Å². The van der Waals surface area contributed by atoms with E-state index < -0.39 is 0 Å². The first-order chi connectivity index (χ1) is 12.5. The molecule has 0 aliphatic rings. The summed E-state index contributed by atoms with van der Waals surface area (Å²) < 4.78 is 4.57. The summed E-state index contributed by atoms with van der Waals surface area (Å²) in [4.78, 5) is 0. The zero-order valence-electron chi connectivity index (χ0n) is 16.0. The first-order valence-electron chi connectivity index (χ1n) is 8.92. The van der Waals surface area contributed by atoms with Crippen molar-refractivity contribution in [3.05, 3.63) is 75.9 Å². The van der Waals surface area contributed by atoms with Gasteiger partial charge < -0.3 is 0 Å². The van der Waals surface area contributed by atoms with Crippen LogP contribution in [-0.2, 0) is 7.05 Å². The van der Waals surface area contributed by atoms with Gasteiger partial charge in [-0.1, -0.05) is 29.5 Å². The van der Waals surface area contributed by atoms with Gasteiger partial charge in [0.1, 0.15) is 7.05 Å².